The Morgan fingerprint density at radius 2 is 1.68 bits per heavy atom. The Morgan fingerprint density at radius 3 is 2.24 bits per heavy atom. The van der Waals surface area contributed by atoms with Crippen LogP contribution in [-0.4, -0.2) is 47.1 Å². The maximum Gasteiger partial charge on any atom is 0.302 e. The molecule has 0 aliphatic carbocycles. The van der Waals surface area contributed by atoms with Gasteiger partial charge in [0, 0.05) is 19.0 Å². The van der Waals surface area contributed by atoms with Crippen molar-refractivity contribution in [3.05, 3.63) is 0 Å². The minimum atomic E-state index is -0.527. The lowest BCUT2D eigenvalue weighted by Gasteiger charge is -2.35. The minimum Gasteiger partial charge on any atom is -0.461 e. The van der Waals surface area contributed by atoms with Crippen molar-refractivity contribution >= 4 is 5.97 Å². The number of ether oxygens (including phenoxy) is 1. The fourth-order valence-electron chi connectivity index (χ4n) is 3.70. The molecule has 3 N–H and O–H groups in total. The molecule has 1 fully saturated rings. The normalized spacial score (nSPS) is 24.9. The van der Waals surface area contributed by atoms with Crippen LogP contribution in [0.3, 0.4) is 0 Å². The molecule has 5 heteroatoms. The topological polar surface area (TPSA) is 78.8 Å². The summed E-state index contributed by atoms with van der Waals surface area (Å²) < 4.78 is 5.34. The monoisotopic (exact) mass is 357 g/mol. The number of aliphatic hydroxyl groups excluding tert-OH is 2. The number of rotatable bonds is 13. The van der Waals surface area contributed by atoms with Gasteiger partial charge in [0.2, 0.25) is 0 Å². The Labute approximate surface area is 153 Å². The lowest BCUT2D eigenvalue weighted by Crippen LogP contribution is -2.50. The van der Waals surface area contributed by atoms with Gasteiger partial charge in [0.1, 0.15) is 6.10 Å². The second-order valence-electron chi connectivity index (χ2n) is 7.62. The van der Waals surface area contributed by atoms with E-state index in [0.29, 0.717) is 6.04 Å². The highest BCUT2D eigenvalue weighted by Crippen LogP contribution is 2.21. The molecular weight excluding hydrogens is 318 g/mol. The smallest absolute Gasteiger partial charge is 0.302 e. The van der Waals surface area contributed by atoms with Crippen molar-refractivity contribution in [3.8, 4) is 0 Å². The van der Waals surface area contributed by atoms with Crippen LogP contribution in [0.15, 0.2) is 0 Å². The Balaban J connectivity index is 1.91. The zero-order valence-electron chi connectivity index (χ0n) is 16.2. The lowest BCUT2D eigenvalue weighted by molar-refractivity contribution is -0.149. The van der Waals surface area contributed by atoms with Crippen LogP contribution < -0.4 is 5.32 Å². The van der Waals surface area contributed by atoms with Gasteiger partial charge >= 0.3 is 5.97 Å². The van der Waals surface area contributed by atoms with Gasteiger partial charge in [-0.1, -0.05) is 51.4 Å². The predicted molar refractivity (Wildman–Crippen MR) is 100 cm³/mol. The number of carbonyl (C=O) groups excluding carboxylic acids is 1. The number of unbranched alkanes of at least 4 members (excludes halogenated alkanes) is 7. The number of esters is 1. The number of hydrogen-bond acceptors (Lipinski definition) is 5. The first kappa shape index (κ1) is 22.4. The summed E-state index contributed by atoms with van der Waals surface area (Å²) >= 11 is 0. The van der Waals surface area contributed by atoms with Crippen molar-refractivity contribution in [2.24, 2.45) is 0 Å². The third-order valence-corrected chi connectivity index (χ3v) is 5.22. The zero-order valence-corrected chi connectivity index (χ0v) is 16.2. The Kier molecular flexibility index (Phi) is 12.1. The van der Waals surface area contributed by atoms with Gasteiger partial charge in [0.05, 0.1) is 12.7 Å². The average molecular weight is 358 g/mol. The molecule has 4 unspecified atom stereocenters. The van der Waals surface area contributed by atoms with Crippen LogP contribution in [0.1, 0.15) is 90.9 Å². The van der Waals surface area contributed by atoms with Gasteiger partial charge in [-0.2, -0.15) is 0 Å². The highest BCUT2D eigenvalue weighted by atomic mass is 16.5. The maximum atomic E-state index is 11.1. The Morgan fingerprint density at radius 1 is 1.08 bits per heavy atom. The minimum absolute atomic E-state index is 0.0345. The number of hydrogen-bond donors (Lipinski definition) is 3. The molecule has 1 rings (SSSR count). The van der Waals surface area contributed by atoms with Gasteiger partial charge < -0.3 is 20.3 Å². The van der Waals surface area contributed by atoms with Crippen molar-refractivity contribution in [2.45, 2.75) is 115 Å². The summed E-state index contributed by atoms with van der Waals surface area (Å²) in [4.78, 5) is 11.1. The summed E-state index contributed by atoms with van der Waals surface area (Å²) in [5.41, 5.74) is 0. The van der Waals surface area contributed by atoms with Crippen LogP contribution in [0, 0.1) is 0 Å². The number of carbonyl (C=O) groups is 1. The van der Waals surface area contributed by atoms with Crippen molar-refractivity contribution in [3.63, 3.8) is 0 Å². The fourth-order valence-corrected chi connectivity index (χ4v) is 3.70. The molecule has 0 aromatic rings. The first-order valence-corrected chi connectivity index (χ1v) is 10.2. The van der Waals surface area contributed by atoms with Crippen molar-refractivity contribution in [1.82, 2.24) is 5.32 Å². The van der Waals surface area contributed by atoms with Crippen LogP contribution >= 0.6 is 0 Å². The van der Waals surface area contributed by atoms with E-state index in [9.17, 15) is 9.90 Å². The second-order valence-corrected chi connectivity index (χ2v) is 7.62. The summed E-state index contributed by atoms with van der Waals surface area (Å²) in [5, 5.41) is 21.6. The van der Waals surface area contributed by atoms with Gasteiger partial charge in [0.15, 0.2) is 0 Å². The molecule has 0 saturated carbocycles. The fraction of sp³-hybridized carbons (Fsp3) is 0.950. The van der Waals surface area contributed by atoms with E-state index in [0.717, 1.165) is 32.1 Å². The van der Waals surface area contributed by atoms with Crippen LogP contribution in [0.2, 0.25) is 0 Å². The summed E-state index contributed by atoms with van der Waals surface area (Å²) in [6.45, 7) is 3.48. The third-order valence-electron chi connectivity index (χ3n) is 5.22. The molecule has 0 spiro atoms. The summed E-state index contributed by atoms with van der Waals surface area (Å²) in [5.74, 6) is -0.179. The van der Waals surface area contributed by atoms with E-state index in [1.54, 1.807) is 0 Å². The van der Waals surface area contributed by atoms with E-state index < -0.39 is 6.10 Å². The van der Waals surface area contributed by atoms with E-state index >= 15 is 0 Å². The molecule has 0 radical (unpaired) electrons. The molecule has 5 nitrogen and oxygen atoms in total. The number of nitrogens with one attached hydrogen (secondary N) is 1. The van der Waals surface area contributed by atoms with Crippen molar-refractivity contribution < 1.29 is 19.7 Å². The molecule has 0 aromatic heterocycles. The molecule has 1 aliphatic rings. The molecule has 4 atom stereocenters. The van der Waals surface area contributed by atoms with E-state index in [2.05, 4.69) is 12.2 Å². The lowest BCUT2D eigenvalue weighted by atomic mass is 9.93. The third kappa shape index (κ3) is 10.8. The quantitative estimate of drug-likeness (QED) is 0.348. The van der Waals surface area contributed by atoms with Crippen LogP contribution in [0.25, 0.3) is 0 Å². The van der Waals surface area contributed by atoms with Crippen LogP contribution in [0.5, 0.6) is 0 Å². The zero-order chi connectivity index (χ0) is 18.5. The van der Waals surface area contributed by atoms with Crippen LogP contribution in [-0.2, 0) is 9.53 Å². The average Bonchev–Trinajstić information content (AvgIpc) is 2.58. The predicted octanol–water partition coefficient (Wildman–Crippen LogP) is 3.31. The van der Waals surface area contributed by atoms with Crippen molar-refractivity contribution in [1.29, 1.82) is 0 Å². The SMILES string of the molecule is CC(=O)OC1CCC(CCCCCCCCCCC(O)CO)NC1C. The first-order valence-electron chi connectivity index (χ1n) is 10.2. The maximum absolute atomic E-state index is 11.1. The molecule has 25 heavy (non-hydrogen) atoms. The first-order chi connectivity index (χ1) is 12.0. The Hall–Kier alpha value is -0.650. The van der Waals surface area contributed by atoms with Gasteiger partial charge in [-0.05, 0) is 32.6 Å². The van der Waals surface area contributed by atoms with Gasteiger partial charge in [0.25, 0.3) is 0 Å². The number of piperidine rings is 1. The van der Waals surface area contributed by atoms with E-state index in [4.69, 9.17) is 9.84 Å². The van der Waals surface area contributed by atoms with E-state index in [1.165, 1.54) is 51.9 Å². The molecule has 0 aromatic carbocycles. The van der Waals surface area contributed by atoms with Gasteiger partial charge in [-0.3, -0.25) is 4.79 Å². The van der Waals surface area contributed by atoms with E-state index in [1.807, 2.05) is 0 Å². The summed E-state index contributed by atoms with van der Waals surface area (Å²) in [6, 6.07) is 0.826. The largest absolute Gasteiger partial charge is 0.461 e. The van der Waals surface area contributed by atoms with E-state index in [-0.39, 0.29) is 24.7 Å². The Bertz CT molecular complexity index is 351. The summed E-state index contributed by atoms with van der Waals surface area (Å²) in [6.07, 6.45) is 13.4. The van der Waals surface area contributed by atoms with Crippen LogP contribution in [0.4, 0.5) is 0 Å². The number of aliphatic hydroxyl groups is 2. The summed E-state index contributed by atoms with van der Waals surface area (Å²) in [7, 11) is 0. The van der Waals surface area contributed by atoms with Crippen molar-refractivity contribution in [2.75, 3.05) is 6.61 Å². The van der Waals surface area contributed by atoms with Gasteiger partial charge in [-0.15, -0.1) is 0 Å². The molecule has 1 heterocycles. The molecule has 1 saturated heterocycles. The molecule has 1 aliphatic heterocycles. The molecular formula is C20H39NO4. The highest BCUT2D eigenvalue weighted by Gasteiger charge is 2.28. The molecule has 148 valence electrons. The second kappa shape index (κ2) is 13.5. The highest BCUT2D eigenvalue weighted by molar-refractivity contribution is 5.66. The molecule has 0 amide bonds. The van der Waals surface area contributed by atoms with Gasteiger partial charge in [-0.25, -0.2) is 0 Å². The molecule has 0 bridgehead atoms. The standard InChI is InChI=1S/C20H39NO4/c1-16-20(25-17(2)23)14-13-18(21-16)11-9-7-5-3-4-6-8-10-12-19(24)15-22/h16,18-22,24H,3-15H2,1-2H3.